The summed E-state index contributed by atoms with van der Waals surface area (Å²) in [6.07, 6.45) is 7.19. The van der Waals surface area contributed by atoms with E-state index >= 15 is 0 Å². The van der Waals surface area contributed by atoms with E-state index in [0.29, 0.717) is 6.42 Å². The van der Waals surface area contributed by atoms with E-state index in [9.17, 15) is 4.79 Å². The van der Waals surface area contributed by atoms with Crippen LogP contribution in [0.3, 0.4) is 0 Å². The predicted molar refractivity (Wildman–Crippen MR) is 67.4 cm³/mol. The summed E-state index contributed by atoms with van der Waals surface area (Å²) >= 11 is 0. The molecule has 1 aromatic rings. The van der Waals surface area contributed by atoms with Crippen molar-refractivity contribution in [3.05, 3.63) is 48.3 Å². The molecule has 92 valence electrons. The molecule has 0 radical (unpaired) electrons. The number of aliphatic hydroxyl groups is 1. The van der Waals surface area contributed by atoms with Crippen LogP contribution in [-0.4, -0.2) is 27.8 Å². The van der Waals surface area contributed by atoms with Crippen molar-refractivity contribution in [2.45, 2.75) is 13.3 Å². The van der Waals surface area contributed by atoms with Crippen molar-refractivity contribution in [1.82, 2.24) is 4.98 Å². The number of aromatic nitrogens is 1. The van der Waals surface area contributed by atoms with Crippen molar-refractivity contribution in [2.75, 3.05) is 6.61 Å². The van der Waals surface area contributed by atoms with Gasteiger partial charge in [-0.2, -0.15) is 0 Å². The molecule has 0 aliphatic carbocycles. The van der Waals surface area contributed by atoms with Crippen LogP contribution in [0.15, 0.2) is 42.8 Å². The molecule has 0 aliphatic rings. The summed E-state index contributed by atoms with van der Waals surface area (Å²) in [6, 6.07) is 3.84. The van der Waals surface area contributed by atoms with Gasteiger partial charge in [-0.1, -0.05) is 24.8 Å². The zero-order chi connectivity index (χ0) is 13.1. The number of hydrogen-bond donors (Lipinski definition) is 2. The van der Waals surface area contributed by atoms with E-state index in [1.165, 1.54) is 13.0 Å². The monoisotopic (exact) mass is 235 g/mol. The third-order valence-electron chi connectivity index (χ3n) is 1.84. The molecule has 0 fully saturated rings. The molecule has 4 heteroatoms. The summed E-state index contributed by atoms with van der Waals surface area (Å²) in [4.78, 5) is 13.9. The van der Waals surface area contributed by atoms with Crippen LogP contribution in [0.5, 0.6) is 0 Å². The molecule has 0 unspecified atom stereocenters. The molecule has 0 aliphatic heterocycles. The van der Waals surface area contributed by atoms with Gasteiger partial charge in [-0.15, -0.1) is 0 Å². The summed E-state index contributed by atoms with van der Waals surface area (Å²) in [7, 11) is 0. The Balaban J connectivity index is 0.000000302. The number of rotatable bonds is 4. The Hall–Kier alpha value is -1.94. The van der Waals surface area contributed by atoms with Crippen molar-refractivity contribution >= 4 is 12.0 Å². The lowest BCUT2D eigenvalue weighted by Gasteiger charge is -1.89. The van der Waals surface area contributed by atoms with E-state index in [1.807, 2.05) is 12.1 Å². The van der Waals surface area contributed by atoms with Gasteiger partial charge in [0, 0.05) is 24.6 Å². The van der Waals surface area contributed by atoms with Crippen LogP contribution in [0.25, 0.3) is 6.08 Å². The molecule has 0 spiro atoms. The molecule has 2 N–H and O–H groups in total. The van der Waals surface area contributed by atoms with Crippen molar-refractivity contribution in [3.63, 3.8) is 0 Å². The molecule has 0 amide bonds. The Morgan fingerprint density at radius 1 is 1.59 bits per heavy atom. The fourth-order valence-electron chi connectivity index (χ4n) is 0.865. The van der Waals surface area contributed by atoms with E-state index in [1.54, 1.807) is 18.5 Å². The molecule has 0 saturated carbocycles. The molecule has 1 rings (SSSR count). The molecule has 1 aromatic heterocycles. The van der Waals surface area contributed by atoms with Crippen molar-refractivity contribution < 1.29 is 15.0 Å². The van der Waals surface area contributed by atoms with Crippen molar-refractivity contribution in [3.8, 4) is 0 Å². The van der Waals surface area contributed by atoms with E-state index in [0.717, 1.165) is 5.56 Å². The van der Waals surface area contributed by atoms with Gasteiger partial charge in [0.25, 0.3) is 0 Å². The maximum atomic E-state index is 10.1. The number of pyridine rings is 1. The molecular formula is C13H17NO3. The maximum absolute atomic E-state index is 10.1. The lowest BCUT2D eigenvalue weighted by Crippen LogP contribution is -1.95. The first-order valence-corrected chi connectivity index (χ1v) is 5.15. The van der Waals surface area contributed by atoms with Crippen LogP contribution in [0.2, 0.25) is 0 Å². The summed E-state index contributed by atoms with van der Waals surface area (Å²) < 4.78 is 0. The minimum atomic E-state index is -0.927. The van der Waals surface area contributed by atoms with Crippen LogP contribution >= 0.6 is 0 Å². The Kier molecular flexibility index (Phi) is 8.24. The Morgan fingerprint density at radius 3 is 2.65 bits per heavy atom. The van der Waals surface area contributed by atoms with Gasteiger partial charge < -0.3 is 10.2 Å². The second-order valence-corrected chi connectivity index (χ2v) is 3.20. The van der Waals surface area contributed by atoms with Crippen LogP contribution in [0, 0.1) is 0 Å². The van der Waals surface area contributed by atoms with Gasteiger partial charge in [0.1, 0.15) is 0 Å². The maximum Gasteiger partial charge on any atom is 0.330 e. The minimum absolute atomic E-state index is 0.00458. The van der Waals surface area contributed by atoms with Gasteiger partial charge in [0.15, 0.2) is 0 Å². The van der Waals surface area contributed by atoms with Crippen LogP contribution in [0.4, 0.5) is 0 Å². The van der Waals surface area contributed by atoms with E-state index in [2.05, 4.69) is 11.6 Å². The van der Waals surface area contributed by atoms with E-state index < -0.39 is 5.97 Å². The number of hydrogen-bond acceptors (Lipinski definition) is 3. The van der Waals surface area contributed by atoms with Gasteiger partial charge in [-0.25, -0.2) is 4.79 Å². The zero-order valence-electron chi connectivity index (χ0n) is 9.84. The Labute approximate surface area is 101 Å². The highest BCUT2D eigenvalue weighted by atomic mass is 16.4. The fourth-order valence-corrected chi connectivity index (χ4v) is 0.865. The molecule has 0 saturated heterocycles. The van der Waals surface area contributed by atoms with Crippen LogP contribution < -0.4 is 0 Å². The van der Waals surface area contributed by atoms with Gasteiger partial charge in [0.2, 0.25) is 0 Å². The van der Waals surface area contributed by atoms with Crippen LogP contribution in [-0.2, 0) is 4.79 Å². The van der Waals surface area contributed by atoms with Gasteiger partial charge in [0.05, 0.1) is 0 Å². The third kappa shape index (κ3) is 7.93. The number of carboxylic acids is 1. The largest absolute Gasteiger partial charge is 0.478 e. The lowest BCUT2D eigenvalue weighted by atomic mass is 10.2. The first-order chi connectivity index (χ1) is 8.11. The third-order valence-corrected chi connectivity index (χ3v) is 1.84. The smallest absolute Gasteiger partial charge is 0.330 e. The normalized spacial score (nSPS) is 10.1. The molecule has 4 nitrogen and oxygen atoms in total. The molecular weight excluding hydrogens is 218 g/mol. The lowest BCUT2D eigenvalue weighted by molar-refractivity contribution is -0.132. The van der Waals surface area contributed by atoms with Gasteiger partial charge in [-0.3, -0.25) is 4.98 Å². The van der Waals surface area contributed by atoms with Gasteiger partial charge in [-0.05, 0) is 25.0 Å². The van der Waals surface area contributed by atoms with Crippen LogP contribution in [0.1, 0.15) is 18.9 Å². The first kappa shape index (κ1) is 15.1. The standard InChI is InChI=1S/C7H7N.C6H10O3/c1-2-7-4-3-5-8-6-7;1-5(6(8)9)3-2-4-7/h2-6H,1H2;3,7H,2,4H2,1H3,(H,8,9)/b;5-3+. The number of aliphatic carboxylic acids is 1. The highest BCUT2D eigenvalue weighted by molar-refractivity contribution is 5.85. The summed E-state index contributed by atoms with van der Waals surface area (Å²) in [6.45, 7) is 5.09. The summed E-state index contributed by atoms with van der Waals surface area (Å²) in [5.74, 6) is -0.927. The zero-order valence-corrected chi connectivity index (χ0v) is 9.84. The number of carboxylic acid groups (broad SMARTS) is 1. The molecule has 0 aromatic carbocycles. The summed E-state index contributed by atoms with van der Waals surface area (Å²) in [5, 5.41) is 16.5. The Bertz CT molecular complexity index is 372. The van der Waals surface area contributed by atoms with Crippen molar-refractivity contribution in [1.29, 1.82) is 0 Å². The average Bonchev–Trinajstić information content (AvgIpc) is 2.37. The topological polar surface area (TPSA) is 70.4 Å². The van der Waals surface area contributed by atoms with Gasteiger partial charge >= 0.3 is 5.97 Å². The number of carbonyl (C=O) groups is 1. The fraction of sp³-hybridized carbons (Fsp3) is 0.231. The second kappa shape index (κ2) is 9.30. The Morgan fingerprint density at radius 2 is 2.29 bits per heavy atom. The number of aliphatic hydroxyl groups excluding tert-OH is 1. The average molecular weight is 235 g/mol. The van der Waals surface area contributed by atoms with E-state index in [4.69, 9.17) is 10.2 Å². The quantitative estimate of drug-likeness (QED) is 0.784. The predicted octanol–water partition coefficient (Wildman–Crippen LogP) is 2.12. The highest BCUT2D eigenvalue weighted by Crippen LogP contribution is 1.94. The molecule has 1 heterocycles. The second-order valence-electron chi connectivity index (χ2n) is 3.20. The SMILES string of the molecule is C/C(=C\CCO)C(=O)O.C=Cc1cccnc1. The highest BCUT2D eigenvalue weighted by Gasteiger charge is 1.96. The summed E-state index contributed by atoms with van der Waals surface area (Å²) in [5.41, 5.74) is 1.34. The molecule has 17 heavy (non-hydrogen) atoms. The molecule has 0 bridgehead atoms. The molecule has 0 atom stereocenters. The van der Waals surface area contributed by atoms with Crippen molar-refractivity contribution in [2.24, 2.45) is 0 Å². The van der Waals surface area contributed by atoms with E-state index in [-0.39, 0.29) is 12.2 Å². The minimum Gasteiger partial charge on any atom is -0.478 e. The number of nitrogens with zero attached hydrogens (tertiary/aromatic N) is 1. The first-order valence-electron chi connectivity index (χ1n) is 5.15.